The van der Waals surface area contributed by atoms with Crippen LogP contribution < -0.4 is 16.4 Å². The fraction of sp³-hybridized carbons (Fsp3) is 0.500. The van der Waals surface area contributed by atoms with Crippen LogP contribution in [0.15, 0.2) is 24.3 Å². The van der Waals surface area contributed by atoms with Crippen LogP contribution in [0, 0.1) is 0 Å². The quantitative estimate of drug-likeness (QED) is 0.753. The first-order chi connectivity index (χ1) is 9.67. The van der Waals surface area contributed by atoms with Crippen molar-refractivity contribution in [2.45, 2.75) is 12.6 Å². The van der Waals surface area contributed by atoms with Crippen LogP contribution in [0.5, 0.6) is 0 Å². The molecule has 1 aliphatic rings. The minimum Gasteiger partial charge on any atom is -0.374 e. The number of anilines is 1. The van der Waals surface area contributed by atoms with Crippen molar-refractivity contribution >= 4 is 11.7 Å². The second-order valence-electron chi connectivity index (χ2n) is 4.99. The van der Waals surface area contributed by atoms with Crippen LogP contribution >= 0.6 is 0 Å². The van der Waals surface area contributed by atoms with Crippen LogP contribution in [0.2, 0.25) is 0 Å². The van der Waals surface area contributed by atoms with Gasteiger partial charge in [0.2, 0.25) is 0 Å². The van der Waals surface area contributed by atoms with Crippen molar-refractivity contribution < 1.29 is 9.53 Å². The fourth-order valence-corrected chi connectivity index (χ4v) is 2.15. The van der Waals surface area contributed by atoms with Crippen LogP contribution in [-0.4, -0.2) is 50.3 Å². The van der Waals surface area contributed by atoms with E-state index >= 15 is 0 Å². The van der Waals surface area contributed by atoms with Gasteiger partial charge in [-0.3, -0.25) is 0 Å². The number of benzene rings is 1. The van der Waals surface area contributed by atoms with Gasteiger partial charge in [-0.15, -0.1) is 0 Å². The molecule has 4 N–H and O–H groups in total. The van der Waals surface area contributed by atoms with E-state index in [-0.39, 0.29) is 12.1 Å². The lowest BCUT2D eigenvalue weighted by Gasteiger charge is -2.30. The molecule has 1 heterocycles. The molecule has 20 heavy (non-hydrogen) atoms. The number of nitrogens with zero attached hydrogens (tertiary/aromatic N) is 1. The van der Waals surface area contributed by atoms with Gasteiger partial charge in [-0.1, -0.05) is 12.1 Å². The van der Waals surface area contributed by atoms with Gasteiger partial charge in [-0.25, -0.2) is 4.79 Å². The summed E-state index contributed by atoms with van der Waals surface area (Å²) in [6, 6.07) is 7.27. The molecule has 1 aromatic rings. The van der Waals surface area contributed by atoms with Gasteiger partial charge in [0.25, 0.3) is 0 Å². The summed E-state index contributed by atoms with van der Waals surface area (Å²) < 4.78 is 5.58. The van der Waals surface area contributed by atoms with E-state index in [0.29, 0.717) is 19.7 Å². The molecule has 1 aromatic carbocycles. The van der Waals surface area contributed by atoms with Gasteiger partial charge in [0.15, 0.2) is 0 Å². The number of urea groups is 1. The van der Waals surface area contributed by atoms with Gasteiger partial charge in [0, 0.05) is 31.9 Å². The van der Waals surface area contributed by atoms with Gasteiger partial charge in [-0.05, 0) is 24.7 Å². The molecule has 1 saturated heterocycles. The predicted molar refractivity (Wildman–Crippen MR) is 78.6 cm³/mol. The number of amides is 2. The third-order valence-corrected chi connectivity index (χ3v) is 3.25. The van der Waals surface area contributed by atoms with E-state index in [9.17, 15) is 4.79 Å². The number of nitrogens with two attached hydrogens (primary N) is 1. The SMILES string of the molecule is CN1CCOC(CNC(=O)Nc2cccc(CN)c2)C1. The Labute approximate surface area is 119 Å². The Kier molecular flexibility index (Phi) is 5.34. The number of hydrogen-bond acceptors (Lipinski definition) is 4. The molecule has 2 rings (SSSR count). The zero-order chi connectivity index (χ0) is 14.4. The largest absolute Gasteiger partial charge is 0.374 e. The van der Waals surface area contributed by atoms with Crippen molar-refractivity contribution in [2.75, 3.05) is 38.6 Å². The van der Waals surface area contributed by atoms with Crippen molar-refractivity contribution in [1.29, 1.82) is 0 Å². The van der Waals surface area contributed by atoms with Crippen molar-refractivity contribution in [3.8, 4) is 0 Å². The minimum absolute atomic E-state index is 0.0508. The summed E-state index contributed by atoms with van der Waals surface area (Å²) in [5.41, 5.74) is 7.30. The molecular weight excluding hydrogens is 256 g/mol. The summed E-state index contributed by atoms with van der Waals surface area (Å²) >= 11 is 0. The highest BCUT2D eigenvalue weighted by Crippen LogP contribution is 2.09. The molecule has 2 amide bonds. The lowest BCUT2D eigenvalue weighted by molar-refractivity contribution is -0.0166. The van der Waals surface area contributed by atoms with Crippen LogP contribution in [0.1, 0.15) is 5.56 Å². The predicted octanol–water partition coefficient (Wildman–Crippen LogP) is 0.597. The maximum Gasteiger partial charge on any atom is 0.319 e. The molecule has 6 nitrogen and oxygen atoms in total. The van der Waals surface area contributed by atoms with Crippen LogP contribution in [0.4, 0.5) is 10.5 Å². The van der Waals surface area contributed by atoms with Crippen molar-refractivity contribution in [3.05, 3.63) is 29.8 Å². The molecule has 0 aromatic heterocycles. The molecule has 1 atom stereocenters. The molecule has 0 saturated carbocycles. The Bertz CT molecular complexity index is 453. The molecule has 110 valence electrons. The van der Waals surface area contributed by atoms with Crippen LogP contribution in [0.25, 0.3) is 0 Å². The third-order valence-electron chi connectivity index (χ3n) is 3.25. The van der Waals surface area contributed by atoms with Gasteiger partial charge < -0.3 is 26.0 Å². The van der Waals surface area contributed by atoms with Gasteiger partial charge in [0.05, 0.1) is 12.7 Å². The van der Waals surface area contributed by atoms with Crippen molar-refractivity contribution in [2.24, 2.45) is 5.73 Å². The van der Waals surface area contributed by atoms with Gasteiger partial charge in [-0.2, -0.15) is 0 Å². The maximum absolute atomic E-state index is 11.8. The molecule has 0 spiro atoms. The van der Waals surface area contributed by atoms with Gasteiger partial charge in [0.1, 0.15) is 0 Å². The fourth-order valence-electron chi connectivity index (χ4n) is 2.15. The Hall–Kier alpha value is -1.63. The summed E-state index contributed by atoms with van der Waals surface area (Å²) in [6.07, 6.45) is 0.0508. The highest BCUT2D eigenvalue weighted by atomic mass is 16.5. The number of carbonyl (C=O) groups is 1. The molecule has 1 fully saturated rings. The number of rotatable bonds is 4. The average molecular weight is 278 g/mol. The summed E-state index contributed by atoms with van der Waals surface area (Å²) in [7, 11) is 2.05. The van der Waals surface area contributed by atoms with Crippen LogP contribution in [0.3, 0.4) is 0 Å². The number of likely N-dealkylation sites (N-methyl/N-ethyl adjacent to an activating group) is 1. The number of morpholine rings is 1. The van der Waals surface area contributed by atoms with Crippen LogP contribution in [-0.2, 0) is 11.3 Å². The molecule has 0 radical (unpaired) electrons. The Morgan fingerprint density at radius 1 is 1.55 bits per heavy atom. The second kappa shape index (κ2) is 7.23. The maximum atomic E-state index is 11.8. The molecular formula is C14H22N4O2. The molecule has 0 bridgehead atoms. The standard InChI is InChI=1S/C14H22N4O2/c1-18-5-6-20-13(10-18)9-16-14(19)17-12-4-2-3-11(7-12)8-15/h2-4,7,13H,5-6,8-10,15H2,1H3,(H2,16,17,19). The Morgan fingerprint density at radius 2 is 2.40 bits per heavy atom. The highest BCUT2D eigenvalue weighted by Gasteiger charge is 2.18. The van der Waals surface area contributed by atoms with E-state index in [0.717, 1.165) is 24.3 Å². The first-order valence-electron chi connectivity index (χ1n) is 6.81. The number of carbonyl (C=O) groups excluding carboxylic acids is 1. The monoisotopic (exact) mass is 278 g/mol. The Morgan fingerprint density at radius 3 is 3.15 bits per heavy atom. The molecule has 1 unspecified atom stereocenters. The summed E-state index contributed by atoms with van der Waals surface area (Å²) in [6.45, 7) is 3.45. The van der Waals surface area contributed by atoms with E-state index in [4.69, 9.17) is 10.5 Å². The van der Waals surface area contributed by atoms with E-state index in [1.54, 1.807) is 0 Å². The summed E-state index contributed by atoms with van der Waals surface area (Å²) in [4.78, 5) is 14.0. The normalized spacial score (nSPS) is 19.6. The zero-order valence-corrected chi connectivity index (χ0v) is 11.8. The molecule has 0 aliphatic carbocycles. The smallest absolute Gasteiger partial charge is 0.319 e. The molecule has 6 heteroatoms. The van der Waals surface area contributed by atoms with E-state index < -0.39 is 0 Å². The topological polar surface area (TPSA) is 79.6 Å². The second-order valence-corrected chi connectivity index (χ2v) is 4.99. The highest BCUT2D eigenvalue weighted by molar-refractivity contribution is 5.89. The average Bonchev–Trinajstić information content (AvgIpc) is 2.45. The number of hydrogen-bond donors (Lipinski definition) is 3. The van der Waals surface area contributed by atoms with E-state index in [1.165, 1.54) is 0 Å². The summed E-state index contributed by atoms with van der Waals surface area (Å²) in [5.74, 6) is 0. The zero-order valence-electron chi connectivity index (χ0n) is 11.8. The van der Waals surface area contributed by atoms with E-state index in [2.05, 4.69) is 15.5 Å². The number of ether oxygens (including phenoxy) is 1. The van der Waals surface area contributed by atoms with Crippen molar-refractivity contribution in [3.63, 3.8) is 0 Å². The number of nitrogens with one attached hydrogen (secondary N) is 2. The van der Waals surface area contributed by atoms with Gasteiger partial charge >= 0.3 is 6.03 Å². The third kappa shape index (κ3) is 4.48. The lowest BCUT2D eigenvalue weighted by Crippen LogP contribution is -2.46. The summed E-state index contributed by atoms with van der Waals surface area (Å²) in [5, 5.41) is 5.62. The minimum atomic E-state index is -0.226. The Balaban J connectivity index is 1.77. The van der Waals surface area contributed by atoms with Crippen molar-refractivity contribution in [1.82, 2.24) is 10.2 Å². The lowest BCUT2D eigenvalue weighted by atomic mass is 10.2. The van der Waals surface area contributed by atoms with E-state index in [1.807, 2.05) is 31.3 Å². The molecule has 1 aliphatic heterocycles. The first-order valence-corrected chi connectivity index (χ1v) is 6.81. The first kappa shape index (κ1) is 14.8.